The SMILES string of the molecule is CCCCCCCCCCCCCC(=O)NC(=O)C1(N2CCCCC2)CCN(CC/C=C(\OC(=O)CCCCCCCCCCCCC)c2ccc(F)cc2)CC1. The molecule has 0 saturated carbocycles. The second kappa shape index (κ2) is 30.5. The summed E-state index contributed by atoms with van der Waals surface area (Å²) in [6, 6.07) is 6.14. The van der Waals surface area contributed by atoms with Crippen molar-refractivity contribution in [2.24, 2.45) is 0 Å². The van der Waals surface area contributed by atoms with Crippen LogP contribution in [0, 0.1) is 5.82 Å². The number of esters is 1. The lowest BCUT2D eigenvalue weighted by molar-refractivity contribution is -0.143. The number of carbonyl (C=O) groups is 3. The number of nitrogens with one attached hydrogen (secondary N) is 1. The van der Waals surface area contributed by atoms with Gasteiger partial charge in [-0.3, -0.25) is 24.6 Å². The number of ether oxygens (including phenoxy) is 1. The summed E-state index contributed by atoms with van der Waals surface area (Å²) in [5.74, 6) is -0.324. The van der Waals surface area contributed by atoms with Crippen LogP contribution >= 0.6 is 0 Å². The van der Waals surface area contributed by atoms with Crippen molar-refractivity contribution in [3.8, 4) is 0 Å². The first-order valence-corrected chi connectivity index (χ1v) is 23.9. The summed E-state index contributed by atoms with van der Waals surface area (Å²) in [7, 11) is 0. The number of rotatable bonds is 31. The minimum absolute atomic E-state index is 0.111. The van der Waals surface area contributed by atoms with Crippen LogP contribution in [0.5, 0.6) is 0 Å². The molecular formula is C49H82FN3O4. The van der Waals surface area contributed by atoms with Gasteiger partial charge in [0.2, 0.25) is 11.8 Å². The van der Waals surface area contributed by atoms with Crippen LogP contribution in [-0.2, 0) is 19.1 Å². The maximum absolute atomic E-state index is 13.9. The minimum atomic E-state index is -0.650. The molecule has 2 aliphatic rings. The number of halogens is 1. The fourth-order valence-corrected chi connectivity index (χ4v) is 8.73. The van der Waals surface area contributed by atoms with Gasteiger partial charge in [0.25, 0.3) is 0 Å². The number of benzene rings is 1. The smallest absolute Gasteiger partial charge is 0.311 e. The summed E-state index contributed by atoms with van der Waals surface area (Å²) in [6.07, 6.45) is 35.2. The zero-order valence-electron chi connectivity index (χ0n) is 36.5. The molecule has 0 atom stereocenters. The molecule has 57 heavy (non-hydrogen) atoms. The fraction of sp³-hybridized carbons (Fsp3) is 0.776. The Hall–Kier alpha value is -2.58. The zero-order chi connectivity index (χ0) is 40.8. The molecule has 2 aliphatic heterocycles. The van der Waals surface area contributed by atoms with E-state index in [0.717, 1.165) is 84.1 Å². The van der Waals surface area contributed by atoms with E-state index in [0.29, 0.717) is 43.4 Å². The molecule has 1 aromatic rings. The topological polar surface area (TPSA) is 79.0 Å². The van der Waals surface area contributed by atoms with Gasteiger partial charge >= 0.3 is 5.97 Å². The second-order valence-electron chi connectivity index (χ2n) is 17.2. The number of piperidine rings is 2. The number of nitrogens with zero attached hydrogens (tertiary/aromatic N) is 2. The average molecular weight is 796 g/mol. The van der Waals surface area contributed by atoms with E-state index in [1.54, 1.807) is 12.1 Å². The molecule has 7 nitrogen and oxygen atoms in total. The number of hydrogen-bond acceptors (Lipinski definition) is 6. The predicted molar refractivity (Wildman–Crippen MR) is 234 cm³/mol. The molecule has 0 bridgehead atoms. The Morgan fingerprint density at radius 3 is 1.63 bits per heavy atom. The third-order valence-corrected chi connectivity index (χ3v) is 12.4. The Morgan fingerprint density at radius 1 is 0.649 bits per heavy atom. The van der Waals surface area contributed by atoms with Gasteiger partial charge in [0.1, 0.15) is 17.1 Å². The Balaban J connectivity index is 1.43. The third-order valence-electron chi connectivity index (χ3n) is 12.4. The summed E-state index contributed by atoms with van der Waals surface area (Å²) in [5.41, 5.74) is 0.0451. The highest BCUT2D eigenvalue weighted by Gasteiger charge is 2.46. The van der Waals surface area contributed by atoms with E-state index < -0.39 is 5.54 Å². The highest BCUT2D eigenvalue weighted by molar-refractivity contribution is 6.00. The monoisotopic (exact) mass is 796 g/mol. The summed E-state index contributed by atoms with van der Waals surface area (Å²) in [5, 5.41) is 2.85. The Labute approximate surface area is 347 Å². The van der Waals surface area contributed by atoms with Crippen molar-refractivity contribution < 1.29 is 23.5 Å². The number of hydrogen-bond donors (Lipinski definition) is 1. The van der Waals surface area contributed by atoms with E-state index in [1.165, 1.54) is 121 Å². The zero-order valence-corrected chi connectivity index (χ0v) is 36.5. The minimum Gasteiger partial charge on any atom is -0.426 e. The summed E-state index contributed by atoms with van der Waals surface area (Å²) >= 11 is 0. The van der Waals surface area contributed by atoms with Crippen LogP contribution in [0.15, 0.2) is 30.3 Å². The van der Waals surface area contributed by atoms with Crippen LogP contribution in [-0.4, -0.2) is 65.8 Å². The van der Waals surface area contributed by atoms with E-state index in [-0.39, 0.29) is 23.6 Å². The summed E-state index contributed by atoms with van der Waals surface area (Å²) in [6.45, 7) is 8.58. The number of unbranched alkanes of at least 4 members (excludes halogenated alkanes) is 20. The van der Waals surface area contributed by atoms with Crippen LogP contribution in [0.1, 0.15) is 212 Å². The molecule has 1 aromatic carbocycles. The highest BCUT2D eigenvalue weighted by Crippen LogP contribution is 2.32. The largest absolute Gasteiger partial charge is 0.426 e. The van der Waals surface area contributed by atoms with Crippen molar-refractivity contribution in [2.75, 3.05) is 32.7 Å². The van der Waals surface area contributed by atoms with Gasteiger partial charge in [-0.2, -0.15) is 0 Å². The van der Waals surface area contributed by atoms with Crippen LogP contribution < -0.4 is 5.32 Å². The number of likely N-dealkylation sites (tertiary alicyclic amines) is 2. The molecule has 0 spiro atoms. The maximum atomic E-state index is 13.9. The molecule has 3 rings (SSSR count). The lowest BCUT2D eigenvalue weighted by atomic mass is 9.83. The van der Waals surface area contributed by atoms with Gasteiger partial charge in [-0.25, -0.2) is 4.39 Å². The van der Waals surface area contributed by atoms with Crippen molar-refractivity contribution in [2.45, 2.75) is 212 Å². The van der Waals surface area contributed by atoms with Gasteiger partial charge in [0.15, 0.2) is 0 Å². The van der Waals surface area contributed by atoms with E-state index in [4.69, 9.17) is 4.74 Å². The number of amides is 2. The van der Waals surface area contributed by atoms with Crippen molar-refractivity contribution in [3.05, 3.63) is 41.7 Å². The lowest BCUT2D eigenvalue weighted by Gasteiger charge is -2.48. The molecule has 1 N–H and O–H groups in total. The Kier molecular flexibility index (Phi) is 26.1. The predicted octanol–water partition coefficient (Wildman–Crippen LogP) is 12.5. The highest BCUT2D eigenvalue weighted by atomic mass is 19.1. The molecular weight excluding hydrogens is 714 g/mol. The van der Waals surface area contributed by atoms with Gasteiger partial charge in [0.05, 0.1) is 0 Å². The second-order valence-corrected chi connectivity index (χ2v) is 17.2. The maximum Gasteiger partial charge on any atom is 0.311 e. The van der Waals surface area contributed by atoms with Crippen LogP contribution in [0.3, 0.4) is 0 Å². The molecule has 2 amide bonds. The Morgan fingerprint density at radius 2 is 1.12 bits per heavy atom. The van der Waals surface area contributed by atoms with Gasteiger partial charge in [-0.1, -0.05) is 149 Å². The van der Waals surface area contributed by atoms with Gasteiger partial charge in [-0.05, 0) is 88.4 Å². The van der Waals surface area contributed by atoms with Crippen LogP contribution in [0.25, 0.3) is 5.76 Å². The molecule has 8 heteroatoms. The normalized spacial score (nSPS) is 16.4. The molecule has 0 unspecified atom stereocenters. The summed E-state index contributed by atoms with van der Waals surface area (Å²) in [4.78, 5) is 44.6. The molecule has 0 aliphatic carbocycles. The molecule has 324 valence electrons. The third kappa shape index (κ3) is 20.3. The number of carbonyl (C=O) groups excluding carboxylic acids is 3. The van der Waals surface area contributed by atoms with Crippen LogP contribution in [0.4, 0.5) is 4.39 Å². The quantitative estimate of drug-likeness (QED) is 0.0458. The first-order valence-electron chi connectivity index (χ1n) is 23.9. The fourth-order valence-electron chi connectivity index (χ4n) is 8.73. The standard InChI is InChI=1S/C49H82FN3O4/c1-3-5-7-9-11-13-15-17-19-21-24-30-46(54)51-48(56)49(53-39-26-23-27-40-53)36-41-52(42-37-49)38-28-29-45(43-32-34-44(50)35-33-43)57-47(55)31-25-22-20-18-16-14-12-10-8-6-4-2/h29,32-35H,3-28,30-31,36-42H2,1-2H3,(H,51,54,56)/b45-29-. The molecule has 2 saturated heterocycles. The molecule has 2 fully saturated rings. The first-order chi connectivity index (χ1) is 27.9. The molecule has 2 heterocycles. The van der Waals surface area contributed by atoms with Crippen molar-refractivity contribution >= 4 is 23.5 Å². The molecule has 0 radical (unpaired) electrons. The van der Waals surface area contributed by atoms with Gasteiger partial charge < -0.3 is 9.64 Å². The van der Waals surface area contributed by atoms with Crippen molar-refractivity contribution in [1.82, 2.24) is 15.1 Å². The average Bonchev–Trinajstić information content (AvgIpc) is 3.22. The van der Waals surface area contributed by atoms with Crippen LogP contribution in [0.2, 0.25) is 0 Å². The van der Waals surface area contributed by atoms with E-state index in [2.05, 4.69) is 29.0 Å². The first kappa shape index (κ1) is 48.8. The van der Waals surface area contributed by atoms with Crippen molar-refractivity contribution in [3.63, 3.8) is 0 Å². The summed E-state index contributed by atoms with van der Waals surface area (Å²) < 4.78 is 19.7. The van der Waals surface area contributed by atoms with Gasteiger partial charge in [0, 0.05) is 38.0 Å². The van der Waals surface area contributed by atoms with E-state index in [9.17, 15) is 18.8 Å². The Bertz CT molecular complexity index is 1250. The van der Waals surface area contributed by atoms with Gasteiger partial charge in [-0.15, -0.1) is 0 Å². The van der Waals surface area contributed by atoms with E-state index >= 15 is 0 Å². The number of imide groups is 1. The lowest BCUT2D eigenvalue weighted by Crippen LogP contribution is -2.64. The van der Waals surface area contributed by atoms with E-state index in [1.807, 2.05) is 6.08 Å². The van der Waals surface area contributed by atoms with Crippen molar-refractivity contribution in [1.29, 1.82) is 0 Å². The molecule has 0 aromatic heterocycles.